The average Bonchev–Trinajstić information content (AvgIpc) is 2.55. The maximum atomic E-state index is 13.6. The van der Waals surface area contributed by atoms with Gasteiger partial charge in [-0.15, -0.1) is 6.58 Å². The van der Waals surface area contributed by atoms with Crippen LogP contribution in [0, 0.1) is 5.82 Å². The first-order chi connectivity index (χ1) is 10.7. The van der Waals surface area contributed by atoms with E-state index in [-0.39, 0.29) is 10.8 Å². The molecule has 0 amide bonds. The van der Waals surface area contributed by atoms with E-state index in [9.17, 15) is 4.39 Å². The topological polar surface area (TPSA) is 0 Å². The van der Waals surface area contributed by atoms with Crippen molar-refractivity contribution in [2.24, 2.45) is 0 Å². The molecule has 110 valence electrons. The summed E-state index contributed by atoms with van der Waals surface area (Å²) in [4.78, 5) is 0. The highest BCUT2D eigenvalue weighted by Crippen LogP contribution is 2.28. The zero-order valence-corrected chi connectivity index (χ0v) is 12.9. The highest BCUT2D eigenvalue weighted by molar-refractivity contribution is 6.30. The van der Waals surface area contributed by atoms with Gasteiger partial charge in [0.1, 0.15) is 5.82 Å². The van der Waals surface area contributed by atoms with Crippen molar-refractivity contribution in [3.63, 3.8) is 0 Å². The van der Waals surface area contributed by atoms with Crippen molar-refractivity contribution in [3.05, 3.63) is 83.7 Å². The van der Waals surface area contributed by atoms with Gasteiger partial charge in [0.2, 0.25) is 0 Å². The van der Waals surface area contributed by atoms with Crippen molar-refractivity contribution < 1.29 is 4.39 Å². The minimum atomic E-state index is -0.390. The number of hydrogen-bond donors (Lipinski definition) is 0. The van der Waals surface area contributed by atoms with Crippen LogP contribution in [0.5, 0.6) is 0 Å². The molecule has 0 saturated heterocycles. The molecule has 0 atom stereocenters. The second-order valence-corrected chi connectivity index (χ2v) is 5.76. The van der Waals surface area contributed by atoms with Crippen LogP contribution in [0.25, 0.3) is 21.9 Å². The van der Waals surface area contributed by atoms with E-state index in [1.165, 1.54) is 17.0 Å². The van der Waals surface area contributed by atoms with E-state index in [1.807, 2.05) is 18.2 Å². The van der Waals surface area contributed by atoms with Crippen LogP contribution >= 0.6 is 11.6 Å². The summed E-state index contributed by atoms with van der Waals surface area (Å²) in [5.41, 5.74) is 3.12. The fraction of sp³-hybridized carbons (Fsp3) is 0.100. The summed E-state index contributed by atoms with van der Waals surface area (Å²) in [7, 11) is 0. The fourth-order valence-corrected chi connectivity index (χ4v) is 2.69. The van der Waals surface area contributed by atoms with Crippen LogP contribution in [0.3, 0.4) is 0 Å². The summed E-state index contributed by atoms with van der Waals surface area (Å²) in [6.07, 6.45) is 3.92. The molecule has 0 nitrogen and oxygen atoms in total. The van der Waals surface area contributed by atoms with Gasteiger partial charge in [0, 0.05) is 0 Å². The summed E-state index contributed by atoms with van der Waals surface area (Å²) < 4.78 is 13.6. The molecule has 0 fully saturated rings. The third-order valence-corrected chi connectivity index (χ3v) is 4.10. The van der Waals surface area contributed by atoms with Crippen LogP contribution in [0.2, 0.25) is 5.02 Å². The first kappa shape index (κ1) is 14.8. The Hall–Kier alpha value is -2.12. The van der Waals surface area contributed by atoms with Crippen LogP contribution in [-0.2, 0) is 6.42 Å². The molecule has 0 heterocycles. The van der Waals surface area contributed by atoms with E-state index in [1.54, 1.807) is 6.07 Å². The number of rotatable bonds is 4. The van der Waals surface area contributed by atoms with Crippen molar-refractivity contribution in [1.82, 2.24) is 0 Å². The largest absolute Gasteiger partial charge is 0.205 e. The minimum absolute atomic E-state index is 0.149. The Morgan fingerprint density at radius 3 is 2.36 bits per heavy atom. The molecule has 0 aliphatic rings. The van der Waals surface area contributed by atoms with Gasteiger partial charge in [0.25, 0.3) is 0 Å². The standard InChI is InChI=1S/C20H16ClF/c1-2-3-4-14-5-6-16-12-17(8-7-15(16)11-14)18-9-10-19(21)20(22)13-18/h2,5-13H,1,3-4H2. The summed E-state index contributed by atoms with van der Waals surface area (Å²) >= 11 is 5.74. The van der Waals surface area contributed by atoms with Gasteiger partial charge in [0.15, 0.2) is 0 Å². The lowest BCUT2D eigenvalue weighted by Gasteiger charge is -2.07. The monoisotopic (exact) mass is 310 g/mol. The molecular weight excluding hydrogens is 295 g/mol. The third-order valence-electron chi connectivity index (χ3n) is 3.79. The molecule has 0 unspecified atom stereocenters. The lowest BCUT2D eigenvalue weighted by molar-refractivity contribution is 0.629. The molecule has 0 spiro atoms. The highest BCUT2D eigenvalue weighted by Gasteiger charge is 2.05. The molecule has 0 N–H and O–H groups in total. The predicted octanol–water partition coefficient (Wildman–Crippen LogP) is 6.42. The van der Waals surface area contributed by atoms with Gasteiger partial charge < -0.3 is 0 Å². The molecule has 3 aromatic carbocycles. The van der Waals surface area contributed by atoms with E-state index in [0.29, 0.717) is 0 Å². The van der Waals surface area contributed by atoms with Gasteiger partial charge in [-0.05, 0) is 58.5 Å². The predicted molar refractivity (Wildman–Crippen MR) is 92.9 cm³/mol. The number of allylic oxidation sites excluding steroid dienone is 1. The van der Waals surface area contributed by atoms with Gasteiger partial charge in [-0.2, -0.15) is 0 Å². The molecule has 0 aliphatic heterocycles. The second-order valence-electron chi connectivity index (χ2n) is 5.35. The zero-order valence-electron chi connectivity index (χ0n) is 12.2. The minimum Gasteiger partial charge on any atom is -0.205 e. The maximum Gasteiger partial charge on any atom is 0.142 e. The zero-order chi connectivity index (χ0) is 15.5. The molecule has 0 aliphatic carbocycles. The van der Waals surface area contributed by atoms with Gasteiger partial charge in [-0.25, -0.2) is 4.39 Å². The van der Waals surface area contributed by atoms with E-state index in [0.717, 1.165) is 29.4 Å². The fourth-order valence-electron chi connectivity index (χ4n) is 2.57. The van der Waals surface area contributed by atoms with Crippen molar-refractivity contribution in [3.8, 4) is 11.1 Å². The molecule has 0 aromatic heterocycles. The number of halogens is 2. The smallest absolute Gasteiger partial charge is 0.142 e. The summed E-state index contributed by atoms with van der Waals surface area (Å²) in [6, 6.07) is 17.5. The van der Waals surface area contributed by atoms with E-state index in [2.05, 4.69) is 36.9 Å². The number of aryl methyl sites for hydroxylation is 1. The quantitative estimate of drug-likeness (QED) is 0.488. The van der Waals surface area contributed by atoms with E-state index in [4.69, 9.17) is 11.6 Å². The second kappa shape index (κ2) is 6.33. The van der Waals surface area contributed by atoms with Crippen LogP contribution < -0.4 is 0 Å². The Kier molecular flexibility index (Phi) is 4.26. The molecule has 3 rings (SSSR count). The molecular formula is C20H16ClF. The first-order valence-corrected chi connectivity index (χ1v) is 7.64. The third kappa shape index (κ3) is 3.05. The van der Waals surface area contributed by atoms with Gasteiger partial charge in [-0.1, -0.05) is 54.1 Å². The van der Waals surface area contributed by atoms with Crippen molar-refractivity contribution in [2.45, 2.75) is 12.8 Å². The molecule has 0 saturated carbocycles. The Morgan fingerprint density at radius 2 is 1.59 bits per heavy atom. The molecule has 22 heavy (non-hydrogen) atoms. The number of hydrogen-bond acceptors (Lipinski definition) is 0. The summed E-state index contributed by atoms with van der Waals surface area (Å²) in [5.74, 6) is -0.390. The van der Waals surface area contributed by atoms with E-state index < -0.39 is 0 Å². The number of fused-ring (bicyclic) bond motifs is 1. The Labute approximate surface area is 134 Å². The van der Waals surface area contributed by atoms with Crippen molar-refractivity contribution >= 4 is 22.4 Å². The number of benzene rings is 3. The Morgan fingerprint density at radius 1 is 0.909 bits per heavy atom. The average molecular weight is 311 g/mol. The SMILES string of the molecule is C=CCCc1ccc2cc(-c3ccc(Cl)c(F)c3)ccc2c1. The lowest BCUT2D eigenvalue weighted by Crippen LogP contribution is -1.85. The van der Waals surface area contributed by atoms with Gasteiger partial charge >= 0.3 is 0 Å². The summed E-state index contributed by atoms with van der Waals surface area (Å²) in [6.45, 7) is 3.76. The Bertz CT molecular complexity index is 836. The Balaban J connectivity index is 1.99. The highest BCUT2D eigenvalue weighted by atomic mass is 35.5. The van der Waals surface area contributed by atoms with Crippen LogP contribution in [-0.4, -0.2) is 0 Å². The van der Waals surface area contributed by atoms with Gasteiger partial charge in [0.05, 0.1) is 5.02 Å². The van der Waals surface area contributed by atoms with Crippen molar-refractivity contribution in [1.29, 1.82) is 0 Å². The molecule has 3 aromatic rings. The van der Waals surface area contributed by atoms with E-state index >= 15 is 0 Å². The summed E-state index contributed by atoms with van der Waals surface area (Å²) in [5, 5.41) is 2.49. The van der Waals surface area contributed by atoms with Crippen LogP contribution in [0.4, 0.5) is 4.39 Å². The normalized spacial score (nSPS) is 10.8. The maximum absolute atomic E-state index is 13.6. The van der Waals surface area contributed by atoms with Gasteiger partial charge in [-0.3, -0.25) is 0 Å². The molecule has 0 bridgehead atoms. The first-order valence-electron chi connectivity index (χ1n) is 7.26. The van der Waals surface area contributed by atoms with Crippen molar-refractivity contribution in [2.75, 3.05) is 0 Å². The molecule has 2 heteroatoms. The molecule has 0 radical (unpaired) electrons. The lowest BCUT2D eigenvalue weighted by atomic mass is 9.99. The van der Waals surface area contributed by atoms with Crippen LogP contribution in [0.15, 0.2) is 67.3 Å². The van der Waals surface area contributed by atoms with Crippen LogP contribution in [0.1, 0.15) is 12.0 Å².